The first-order valence-electron chi connectivity index (χ1n) is 9.68. The Morgan fingerprint density at radius 1 is 1.04 bits per heavy atom. The summed E-state index contributed by atoms with van der Waals surface area (Å²) in [7, 11) is 0. The molecule has 1 fully saturated rings. The molecule has 140 valence electrons. The fourth-order valence-electron chi connectivity index (χ4n) is 3.13. The van der Waals surface area contributed by atoms with Gasteiger partial charge in [0.1, 0.15) is 0 Å². The molecule has 1 rings (SSSR count). The maximum Gasteiger partial charge on any atom is 0.220 e. The average molecular weight is 341 g/mol. The summed E-state index contributed by atoms with van der Waals surface area (Å²) in [6.07, 6.45) is 7.06. The zero-order valence-corrected chi connectivity index (χ0v) is 15.7. The summed E-state index contributed by atoms with van der Waals surface area (Å²) < 4.78 is 5.44. The lowest BCUT2D eigenvalue weighted by atomic mass is 9.78. The molecule has 2 amide bonds. The van der Waals surface area contributed by atoms with E-state index < -0.39 is 0 Å². The second-order valence-electron chi connectivity index (χ2n) is 7.11. The van der Waals surface area contributed by atoms with Crippen LogP contribution in [0.15, 0.2) is 0 Å². The SMILES string of the molecule is CCCCOCCCNC(=O)CCC(=O)NC1CCCC(C)C1C. The van der Waals surface area contributed by atoms with Crippen LogP contribution in [0.5, 0.6) is 0 Å². The first kappa shape index (κ1) is 20.9. The van der Waals surface area contributed by atoms with Crippen molar-refractivity contribution in [2.45, 2.75) is 78.2 Å². The van der Waals surface area contributed by atoms with Gasteiger partial charge in [-0.25, -0.2) is 0 Å². The average Bonchev–Trinajstić information content (AvgIpc) is 2.56. The van der Waals surface area contributed by atoms with E-state index in [9.17, 15) is 9.59 Å². The van der Waals surface area contributed by atoms with Gasteiger partial charge in [0.2, 0.25) is 11.8 Å². The summed E-state index contributed by atoms with van der Waals surface area (Å²) in [5.41, 5.74) is 0. The highest BCUT2D eigenvalue weighted by molar-refractivity contribution is 5.83. The molecule has 1 aliphatic rings. The van der Waals surface area contributed by atoms with Crippen molar-refractivity contribution in [3.05, 3.63) is 0 Å². The summed E-state index contributed by atoms with van der Waals surface area (Å²) >= 11 is 0. The van der Waals surface area contributed by atoms with Gasteiger partial charge >= 0.3 is 0 Å². The number of hydrogen-bond donors (Lipinski definition) is 2. The lowest BCUT2D eigenvalue weighted by Crippen LogP contribution is -2.43. The Bertz CT molecular complexity index is 374. The number of hydrogen-bond acceptors (Lipinski definition) is 3. The maximum absolute atomic E-state index is 12.0. The predicted octanol–water partition coefficient (Wildman–Crippen LogP) is 3.03. The first-order valence-corrected chi connectivity index (χ1v) is 9.68. The fourth-order valence-corrected chi connectivity index (χ4v) is 3.13. The van der Waals surface area contributed by atoms with Crippen LogP contribution < -0.4 is 10.6 Å². The van der Waals surface area contributed by atoms with Crippen LogP contribution in [0.3, 0.4) is 0 Å². The van der Waals surface area contributed by atoms with Crippen molar-refractivity contribution in [2.24, 2.45) is 11.8 Å². The summed E-state index contributed by atoms with van der Waals surface area (Å²) in [5, 5.41) is 5.96. The van der Waals surface area contributed by atoms with Crippen molar-refractivity contribution in [1.82, 2.24) is 10.6 Å². The quantitative estimate of drug-likeness (QED) is 0.568. The summed E-state index contributed by atoms with van der Waals surface area (Å²) in [6, 6.07) is 0.268. The lowest BCUT2D eigenvalue weighted by molar-refractivity contribution is -0.127. The van der Waals surface area contributed by atoms with Crippen molar-refractivity contribution in [1.29, 1.82) is 0 Å². The van der Waals surface area contributed by atoms with Gasteiger partial charge in [-0.05, 0) is 31.1 Å². The third-order valence-corrected chi connectivity index (χ3v) is 5.06. The minimum absolute atomic E-state index is 0.000927. The van der Waals surface area contributed by atoms with Crippen LogP contribution in [-0.2, 0) is 14.3 Å². The smallest absolute Gasteiger partial charge is 0.220 e. The molecular formula is C19H36N2O3. The molecule has 3 atom stereocenters. The highest BCUT2D eigenvalue weighted by atomic mass is 16.5. The predicted molar refractivity (Wildman–Crippen MR) is 96.7 cm³/mol. The van der Waals surface area contributed by atoms with E-state index in [0.29, 0.717) is 25.0 Å². The Hall–Kier alpha value is -1.10. The Kier molecular flexibility index (Phi) is 10.7. The molecule has 0 aromatic rings. The minimum atomic E-state index is -0.0521. The Morgan fingerprint density at radius 2 is 1.75 bits per heavy atom. The monoisotopic (exact) mass is 340 g/mol. The van der Waals surface area contributed by atoms with Crippen LogP contribution in [0.25, 0.3) is 0 Å². The normalized spacial score (nSPS) is 23.7. The number of rotatable bonds is 11. The van der Waals surface area contributed by atoms with E-state index in [4.69, 9.17) is 4.74 Å². The summed E-state index contributed by atoms with van der Waals surface area (Å²) in [6.45, 7) is 8.69. The van der Waals surface area contributed by atoms with Crippen LogP contribution in [-0.4, -0.2) is 37.6 Å². The van der Waals surface area contributed by atoms with Crippen molar-refractivity contribution in [2.75, 3.05) is 19.8 Å². The molecule has 5 nitrogen and oxygen atoms in total. The molecule has 1 aliphatic carbocycles. The number of carbonyl (C=O) groups excluding carboxylic acids is 2. The maximum atomic E-state index is 12.0. The Labute approximate surface area is 147 Å². The molecule has 0 spiro atoms. The van der Waals surface area contributed by atoms with Crippen LogP contribution in [0.2, 0.25) is 0 Å². The molecule has 1 saturated carbocycles. The van der Waals surface area contributed by atoms with E-state index in [1.165, 1.54) is 12.8 Å². The van der Waals surface area contributed by atoms with Gasteiger partial charge in [-0.3, -0.25) is 9.59 Å². The zero-order valence-electron chi connectivity index (χ0n) is 15.7. The molecule has 0 aromatic heterocycles. The second-order valence-corrected chi connectivity index (χ2v) is 7.11. The van der Waals surface area contributed by atoms with Crippen molar-refractivity contribution < 1.29 is 14.3 Å². The van der Waals surface area contributed by atoms with Gasteiger partial charge in [-0.15, -0.1) is 0 Å². The van der Waals surface area contributed by atoms with Crippen LogP contribution >= 0.6 is 0 Å². The highest BCUT2D eigenvalue weighted by Gasteiger charge is 2.27. The largest absolute Gasteiger partial charge is 0.381 e. The van der Waals surface area contributed by atoms with Gasteiger partial charge < -0.3 is 15.4 Å². The van der Waals surface area contributed by atoms with E-state index in [0.717, 1.165) is 32.3 Å². The molecule has 2 N–H and O–H groups in total. The van der Waals surface area contributed by atoms with Crippen LogP contribution in [0.1, 0.15) is 72.1 Å². The van der Waals surface area contributed by atoms with Gasteiger partial charge in [0.15, 0.2) is 0 Å². The molecule has 0 bridgehead atoms. The van der Waals surface area contributed by atoms with E-state index >= 15 is 0 Å². The van der Waals surface area contributed by atoms with Crippen molar-refractivity contribution in [3.8, 4) is 0 Å². The van der Waals surface area contributed by atoms with Gasteiger partial charge in [-0.1, -0.05) is 40.0 Å². The first-order chi connectivity index (χ1) is 11.5. The van der Waals surface area contributed by atoms with Gasteiger partial charge in [-0.2, -0.15) is 0 Å². The topological polar surface area (TPSA) is 67.4 Å². The summed E-state index contributed by atoms with van der Waals surface area (Å²) in [4.78, 5) is 23.8. The molecule has 5 heteroatoms. The van der Waals surface area contributed by atoms with Crippen LogP contribution in [0, 0.1) is 11.8 Å². The number of ether oxygens (including phenoxy) is 1. The molecule has 3 unspecified atom stereocenters. The second kappa shape index (κ2) is 12.3. The standard InChI is InChI=1S/C19H36N2O3/c1-4-5-13-24-14-7-12-20-18(22)10-11-19(23)21-17-9-6-8-15(2)16(17)3/h15-17H,4-14H2,1-3H3,(H,20,22)(H,21,23). The van der Waals surface area contributed by atoms with Crippen molar-refractivity contribution >= 4 is 11.8 Å². The van der Waals surface area contributed by atoms with Crippen LogP contribution in [0.4, 0.5) is 0 Å². The molecule has 0 heterocycles. The van der Waals surface area contributed by atoms with Gasteiger partial charge in [0, 0.05) is 38.6 Å². The Balaban J connectivity index is 2.06. The number of nitrogens with one attached hydrogen (secondary N) is 2. The van der Waals surface area contributed by atoms with E-state index in [-0.39, 0.29) is 30.7 Å². The molecule has 24 heavy (non-hydrogen) atoms. The fraction of sp³-hybridized carbons (Fsp3) is 0.895. The number of amides is 2. The van der Waals surface area contributed by atoms with Gasteiger partial charge in [0.05, 0.1) is 0 Å². The third-order valence-electron chi connectivity index (χ3n) is 5.06. The molecule has 0 aromatic carbocycles. The molecular weight excluding hydrogens is 304 g/mol. The summed E-state index contributed by atoms with van der Waals surface area (Å²) in [5.74, 6) is 1.12. The highest BCUT2D eigenvalue weighted by Crippen LogP contribution is 2.29. The van der Waals surface area contributed by atoms with E-state index in [1.807, 2.05) is 0 Å². The number of unbranched alkanes of at least 4 members (excludes halogenated alkanes) is 1. The lowest BCUT2D eigenvalue weighted by Gasteiger charge is -2.34. The van der Waals surface area contributed by atoms with Gasteiger partial charge in [0.25, 0.3) is 0 Å². The third kappa shape index (κ3) is 8.67. The molecule has 0 saturated heterocycles. The zero-order chi connectivity index (χ0) is 17.8. The molecule has 0 radical (unpaired) electrons. The number of carbonyl (C=O) groups is 2. The van der Waals surface area contributed by atoms with E-state index in [2.05, 4.69) is 31.4 Å². The Morgan fingerprint density at radius 3 is 2.50 bits per heavy atom. The van der Waals surface area contributed by atoms with Crippen molar-refractivity contribution in [3.63, 3.8) is 0 Å². The molecule has 0 aliphatic heterocycles. The minimum Gasteiger partial charge on any atom is -0.381 e. The van der Waals surface area contributed by atoms with E-state index in [1.54, 1.807) is 0 Å².